The number of rotatable bonds is 20. The number of aryl methyl sites for hydroxylation is 2. The Bertz CT molecular complexity index is 4410. The minimum Gasteiger partial charge on any atom is -0.480 e. The molecule has 0 aliphatic rings. The van der Waals surface area contributed by atoms with Crippen molar-refractivity contribution in [3.63, 3.8) is 0 Å². The van der Waals surface area contributed by atoms with Gasteiger partial charge in [-0.2, -0.15) is 0 Å². The number of carboxylic acid groups (broad SMARTS) is 4. The van der Waals surface area contributed by atoms with Gasteiger partial charge in [0.2, 0.25) is 0 Å². The van der Waals surface area contributed by atoms with Gasteiger partial charge in [0.1, 0.15) is 46.6 Å². The SMILES string of the molecule is C.CC(C)(C)OC(=O)N[C@@H](Cc1ccc(-c2ccccc2)cc1)C(=O)O.CC(C)(C)OC(=O)N[C@@H](Cc1ccc(-c2ccccc2)cc1)C(=O)O.CN(C(=O)OC(C)(C)C)[C@@H](Cc1ccc(-c2ccccc2)cc1)C(=O)O.CN(C(=O)OC(C)(C)C)[C@@H](Cc1ccc(-c2ccccc2)cc1)C(=O)O.Cc1ccccc1.Cc1ccccc1.[2H]CF.[2H]CF. The van der Waals surface area contributed by atoms with Crippen molar-refractivity contribution < 1.29 is 89.3 Å². The average molecular weight is 1660 g/mol. The number of aliphatic carboxylic acids is 4. The summed E-state index contributed by atoms with van der Waals surface area (Å²) in [5.41, 5.74) is 11.9. The van der Waals surface area contributed by atoms with Crippen LogP contribution in [0.1, 0.15) is 127 Å². The highest BCUT2D eigenvalue weighted by atomic mass is 19.1. The first kappa shape index (κ1) is 100. The summed E-state index contributed by atoms with van der Waals surface area (Å²) < 4.78 is 51.8. The van der Waals surface area contributed by atoms with E-state index >= 15 is 0 Å². The molecule has 10 rings (SSSR count). The predicted molar refractivity (Wildman–Crippen MR) is 478 cm³/mol. The van der Waals surface area contributed by atoms with Crippen molar-refractivity contribution in [3.05, 3.63) is 312 Å². The number of carbonyl (C=O) groups excluding carboxylic acids is 4. The number of nitrogens with one attached hydrogen (secondary N) is 2. The molecule has 0 aromatic heterocycles. The van der Waals surface area contributed by atoms with Gasteiger partial charge < -0.3 is 50.0 Å². The first-order chi connectivity index (χ1) is 57.4. The molecular formula is C99H122F2N4O16. The van der Waals surface area contributed by atoms with Crippen molar-refractivity contribution in [2.45, 2.75) is 177 Å². The molecular weight excluding hydrogens is 1540 g/mol. The van der Waals surface area contributed by atoms with E-state index in [-0.39, 0.29) is 33.1 Å². The highest BCUT2D eigenvalue weighted by molar-refractivity contribution is 5.83. The van der Waals surface area contributed by atoms with Crippen LogP contribution in [0.15, 0.2) is 279 Å². The molecule has 0 spiro atoms. The van der Waals surface area contributed by atoms with Gasteiger partial charge in [0.25, 0.3) is 0 Å². The minimum atomic E-state index is -1.10. The smallest absolute Gasteiger partial charge is 0.410 e. The molecule has 0 aliphatic heterocycles. The number of carboxylic acids is 4. The second-order valence-corrected chi connectivity index (χ2v) is 31.3. The molecule has 20 nitrogen and oxygen atoms in total. The van der Waals surface area contributed by atoms with Crippen LogP contribution in [-0.2, 0) is 63.8 Å². The maximum atomic E-state index is 12.2. The molecule has 0 radical (unpaired) electrons. The summed E-state index contributed by atoms with van der Waals surface area (Å²) in [5, 5.41) is 42.6. The lowest BCUT2D eigenvalue weighted by Gasteiger charge is -2.28. The molecule has 4 amide bonds. The summed E-state index contributed by atoms with van der Waals surface area (Å²) in [6.07, 6.45) is -1.98. The van der Waals surface area contributed by atoms with Crippen LogP contribution in [0.5, 0.6) is 0 Å². The Kier molecular flexibility index (Phi) is 43.8. The second-order valence-electron chi connectivity index (χ2n) is 31.3. The van der Waals surface area contributed by atoms with E-state index < -0.39 is 109 Å². The summed E-state index contributed by atoms with van der Waals surface area (Å²) in [6.45, 7) is 25.0. The molecule has 0 aliphatic carbocycles. The molecule has 0 unspecified atom stereocenters. The van der Waals surface area contributed by atoms with E-state index in [1.165, 1.54) is 25.2 Å². The Balaban J connectivity index is 0.000000513. The molecule has 0 saturated heterocycles. The maximum Gasteiger partial charge on any atom is 0.410 e. The zero-order valence-corrected chi connectivity index (χ0v) is 71.4. The zero-order valence-electron chi connectivity index (χ0n) is 73.4. The number of nitrogens with zero attached hydrogens (tertiary/aromatic N) is 2. The number of hydrogen-bond donors (Lipinski definition) is 6. The lowest BCUT2D eigenvalue weighted by atomic mass is 10.0. The van der Waals surface area contributed by atoms with Gasteiger partial charge in [-0.15, -0.1) is 0 Å². The Labute approximate surface area is 716 Å². The van der Waals surface area contributed by atoms with Crippen LogP contribution in [0.2, 0.25) is 0 Å². The lowest BCUT2D eigenvalue weighted by Crippen LogP contribution is -2.46. The van der Waals surface area contributed by atoms with Crippen molar-refractivity contribution in [1.82, 2.24) is 20.4 Å². The number of ether oxygens (including phenoxy) is 4. The molecule has 0 bridgehead atoms. The first-order valence-corrected chi connectivity index (χ1v) is 38.6. The van der Waals surface area contributed by atoms with E-state index in [0.717, 1.165) is 76.6 Å². The fourth-order valence-corrected chi connectivity index (χ4v) is 10.8. The quantitative estimate of drug-likeness (QED) is 0.0387. The molecule has 0 fully saturated rings. The van der Waals surface area contributed by atoms with Crippen molar-refractivity contribution in [3.8, 4) is 44.5 Å². The van der Waals surface area contributed by atoms with Crippen molar-refractivity contribution >= 4 is 48.3 Å². The van der Waals surface area contributed by atoms with Gasteiger partial charge in [-0.3, -0.25) is 18.6 Å². The summed E-state index contributed by atoms with van der Waals surface area (Å²) >= 11 is 0. The van der Waals surface area contributed by atoms with Crippen LogP contribution >= 0.6 is 0 Å². The molecule has 10 aromatic carbocycles. The summed E-state index contributed by atoms with van der Waals surface area (Å²) in [5.74, 6) is -4.33. The number of alkyl halides is 2. The molecule has 4 atom stereocenters. The number of carbonyl (C=O) groups is 8. The van der Waals surface area contributed by atoms with E-state index in [1.54, 1.807) is 83.1 Å². The van der Waals surface area contributed by atoms with Crippen LogP contribution in [0.4, 0.5) is 28.0 Å². The lowest BCUT2D eigenvalue weighted by molar-refractivity contribution is -0.143. The van der Waals surface area contributed by atoms with Crippen LogP contribution in [0.25, 0.3) is 44.5 Å². The van der Waals surface area contributed by atoms with E-state index in [0.29, 0.717) is 0 Å². The van der Waals surface area contributed by atoms with E-state index in [4.69, 9.17) is 21.7 Å². The minimum absolute atomic E-state index is 0. The van der Waals surface area contributed by atoms with Gasteiger partial charge in [-0.1, -0.05) is 298 Å². The second kappa shape index (κ2) is 52.7. The number of benzene rings is 10. The number of halogens is 2. The average Bonchev–Trinajstić information content (AvgIpc) is 0.853. The molecule has 0 heterocycles. The van der Waals surface area contributed by atoms with Gasteiger partial charge in [-0.05, 0) is 164 Å². The molecule has 22 heteroatoms. The van der Waals surface area contributed by atoms with E-state index in [2.05, 4.69) is 48.7 Å². The summed E-state index contributed by atoms with van der Waals surface area (Å²) in [7, 11) is 0.899. The van der Waals surface area contributed by atoms with Crippen molar-refractivity contribution in [2.75, 3.05) is 28.4 Å². The van der Waals surface area contributed by atoms with Crippen LogP contribution in [0.3, 0.4) is 0 Å². The third-order valence-corrected chi connectivity index (χ3v) is 16.7. The molecule has 6 N–H and O–H groups in total. The molecule has 0 saturated carbocycles. The van der Waals surface area contributed by atoms with Crippen LogP contribution < -0.4 is 10.6 Å². The van der Waals surface area contributed by atoms with Gasteiger partial charge in [0.15, 0.2) is 0 Å². The number of alkyl carbamates (subject to hydrolysis) is 2. The zero-order chi connectivity index (χ0) is 91.2. The predicted octanol–water partition coefficient (Wildman–Crippen LogP) is 22.0. The normalized spacial score (nSPS) is 11.7. The van der Waals surface area contributed by atoms with Crippen LogP contribution in [0, 0.1) is 13.8 Å². The highest BCUT2D eigenvalue weighted by Crippen LogP contribution is 2.26. The Morgan fingerprint density at radius 3 is 0.661 bits per heavy atom. The summed E-state index contributed by atoms with van der Waals surface area (Å²) in [6, 6.07) is 86.8. The molecule has 121 heavy (non-hydrogen) atoms. The van der Waals surface area contributed by atoms with Crippen molar-refractivity contribution in [1.29, 1.82) is 0 Å². The van der Waals surface area contributed by atoms with Gasteiger partial charge in [0.05, 0.1) is 17.0 Å². The standard InChI is InChI=1S/2C21H25NO4.2C20H23NO4.2C7H8.2CH3F.CH4/c2*1-21(2,3)26-20(25)22(4)18(19(23)24)14-15-10-12-17(13-11-15)16-8-6-5-7-9-16;2*1-20(2,3)25-19(24)21-17(18(22)23)13-14-9-11-16(12-10-14)15-7-5-4-6-8-15;2*1-7-5-3-2-4-6-7;2*1-2;/h2*5-13,18H,14H2,1-4H3,(H,23,24);2*4-12,17H,13H2,1-3H3,(H,21,24)(H,22,23);2*2-6H,1H3;2*1H3;1H4/t2*18-;2*17-;;;;;/m0000...../s1/i;;;;;;2*1D;. The van der Waals surface area contributed by atoms with E-state index in [1.807, 2.05) is 255 Å². The third kappa shape index (κ3) is 42.3. The van der Waals surface area contributed by atoms with Gasteiger partial charge in [0, 0.05) is 39.8 Å². The largest absolute Gasteiger partial charge is 0.480 e. The van der Waals surface area contributed by atoms with Crippen molar-refractivity contribution in [2.24, 2.45) is 0 Å². The van der Waals surface area contributed by atoms with Gasteiger partial charge in [-0.25, -0.2) is 38.4 Å². The number of hydrogen-bond acceptors (Lipinski definition) is 12. The van der Waals surface area contributed by atoms with E-state index in [9.17, 15) is 67.6 Å². The first-order valence-electron chi connectivity index (χ1n) is 40.0. The Morgan fingerprint density at radius 1 is 0.314 bits per heavy atom. The topological polar surface area (TPSA) is 285 Å². The van der Waals surface area contributed by atoms with Gasteiger partial charge >= 0.3 is 48.3 Å². The monoisotopic (exact) mass is 1660 g/mol. The maximum absolute atomic E-state index is 12.2. The number of amides is 4. The fraction of sp³-hybridized carbons (Fsp3) is 0.313. The fourth-order valence-electron chi connectivity index (χ4n) is 10.8. The van der Waals surface area contributed by atoms with Crippen LogP contribution in [-0.4, -0.2) is 153 Å². The highest BCUT2D eigenvalue weighted by Gasteiger charge is 2.33. The summed E-state index contributed by atoms with van der Waals surface area (Å²) in [4.78, 5) is 96.4. The Hall–Kier alpha value is -13.0. The Morgan fingerprint density at radius 2 is 0.496 bits per heavy atom. The number of likely N-dealkylation sites (N-methyl/N-ethyl adjacent to an activating group) is 2. The molecule has 648 valence electrons. The third-order valence-electron chi connectivity index (χ3n) is 16.7. The molecule has 10 aromatic rings.